The molecule has 0 N–H and O–H groups in total. The van der Waals surface area contributed by atoms with Gasteiger partial charge >= 0.3 is 0 Å². The fourth-order valence-electron chi connectivity index (χ4n) is 1.57. The van der Waals surface area contributed by atoms with Gasteiger partial charge in [0.25, 0.3) is 5.91 Å². The largest absolute Gasteiger partial charge is 0.337 e. The number of carbonyl (C=O) groups is 1. The maximum absolute atomic E-state index is 11.8. The van der Waals surface area contributed by atoms with Crippen LogP contribution in [-0.2, 0) is 6.42 Å². The van der Waals surface area contributed by atoms with E-state index in [9.17, 15) is 4.79 Å². The maximum atomic E-state index is 11.8. The Morgan fingerprint density at radius 3 is 3.23 bits per heavy atom. The highest BCUT2D eigenvalue weighted by molar-refractivity contribution is 7.80. The van der Waals surface area contributed by atoms with Crippen LogP contribution in [-0.4, -0.2) is 29.6 Å². The van der Waals surface area contributed by atoms with Crippen molar-refractivity contribution >= 4 is 29.9 Å². The lowest BCUT2D eigenvalue weighted by Gasteiger charge is -2.25. The van der Waals surface area contributed by atoms with Gasteiger partial charge in [0.2, 0.25) is 0 Å². The zero-order chi connectivity index (χ0) is 9.26. The Morgan fingerprint density at radius 1 is 1.62 bits per heavy atom. The van der Waals surface area contributed by atoms with Crippen molar-refractivity contribution in [3.8, 4) is 0 Å². The number of rotatable bonds is 2. The number of hydrogen-bond acceptors (Lipinski definition) is 3. The second-order valence-corrected chi connectivity index (χ2v) is 4.47. The molecule has 0 aliphatic carbocycles. The van der Waals surface area contributed by atoms with E-state index in [4.69, 9.17) is 0 Å². The maximum Gasteiger partial charge on any atom is 0.255 e. The van der Waals surface area contributed by atoms with Crippen LogP contribution in [0.2, 0.25) is 0 Å². The van der Waals surface area contributed by atoms with Gasteiger partial charge in [0.1, 0.15) is 0 Å². The Bertz CT molecular complexity index is 321. The van der Waals surface area contributed by atoms with Gasteiger partial charge < -0.3 is 4.90 Å². The number of hydrogen-bond donors (Lipinski definition) is 1. The van der Waals surface area contributed by atoms with E-state index in [1.807, 2.05) is 16.3 Å². The summed E-state index contributed by atoms with van der Waals surface area (Å²) in [5, 5.41) is 1.99. The molecular weight excluding hydrogens is 202 g/mol. The molecule has 0 aromatic carbocycles. The quantitative estimate of drug-likeness (QED) is 0.741. The number of thiophene rings is 1. The molecule has 2 rings (SSSR count). The third-order valence-electron chi connectivity index (χ3n) is 2.24. The SMILES string of the molecule is O=C1c2ccsc2CCN1CCS. The minimum atomic E-state index is 0.177. The van der Waals surface area contributed by atoms with Gasteiger partial charge in [-0.3, -0.25) is 4.79 Å². The third kappa shape index (κ3) is 1.60. The second-order valence-electron chi connectivity index (χ2n) is 3.02. The number of carbonyl (C=O) groups excluding carboxylic acids is 1. The molecule has 0 saturated carbocycles. The van der Waals surface area contributed by atoms with Crippen molar-refractivity contribution in [1.82, 2.24) is 4.90 Å². The summed E-state index contributed by atoms with van der Waals surface area (Å²) in [6.07, 6.45) is 1.01. The lowest BCUT2D eigenvalue weighted by atomic mass is 10.1. The van der Waals surface area contributed by atoms with Crippen LogP contribution >= 0.6 is 24.0 Å². The summed E-state index contributed by atoms with van der Waals surface area (Å²) >= 11 is 5.82. The Balaban J connectivity index is 2.22. The molecule has 0 spiro atoms. The Kier molecular flexibility index (Phi) is 2.60. The number of amides is 1. The lowest BCUT2D eigenvalue weighted by Crippen LogP contribution is -2.37. The first kappa shape index (κ1) is 9.09. The standard InChI is InChI=1S/C9H11NOS2/c11-9-7-2-6-13-8(7)1-3-10(9)4-5-12/h2,6,12H,1,3-5H2. The van der Waals surface area contributed by atoms with Gasteiger partial charge in [-0.05, 0) is 11.4 Å². The number of fused-ring (bicyclic) bond motifs is 1. The smallest absolute Gasteiger partial charge is 0.255 e. The van der Waals surface area contributed by atoms with Crippen molar-refractivity contribution in [3.63, 3.8) is 0 Å². The van der Waals surface area contributed by atoms with E-state index < -0.39 is 0 Å². The molecule has 0 bridgehead atoms. The molecule has 0 radical (unpaired) electrons. The van der Waals surface area contributed by atoms with Crippen LogP contribution in [0.25, 0.3) is 0 Å². The van der Waals surface area contributed by atoms with Gasteiger partial charge in [-0.1, -0.05) is 0 Å². The van der Waals surface area contributed by atoms with Crippen molar-refractivity contribution in [2.45, 2.75) is 6.42 Å². The van der Waals surface area contributed by atoms with E-state index in [0.29, 0.717) is 0 Å². The van der Waals surface area contributed by atoms with E-state index in [1.165, 1.54) is 4.88 Å². The van der Waals surface area contributed by atoms with E-state index in [0.717, 1.165) is 30.8 Å². The van der Waals surface area contributed by atoms with Crippen molar-refractivity contribution in [1.29, 1.82) is 0 Å². The second kappa shape index (κ2) is 3.72. The summed E-state index contributed by atoms with van der Waals surface area (Å²) in [5.41, 5.74) is 0.901. The molecule has 0 fully saturated rings. The summed E-state index contributed by atoms with van der Waals surface area (Å²) in [4.78, 5) is 14.9. The van der Waals surface area contributed by atoms with Gasteiger partial charge in [-0.15, -0.1) is 11.3 Å². The van der Waals surface area contributed by atoms with Gasteiger partial charge in [-0.2, -0.15) is 12.6 Å². The Morgan fingerprint density at radius 2 is 2.46 bits per heavy atom. The monoisotopic (exact) mass is 213 g/mol. The molecule has 4 heteroatoms. The van der Waals surface area contributed by atoms with Crippen LogP contribution in [0.4, 0.5) is 0 Å². The molecule has 13 heavy (non-hydrogen) atoms. The predicted octanol–water partition coefficient (Wildman–Crippen LogP) is 1.68. The van der Waals surface area contributed by atoms with Gasteiger partial charge in [0.15, 0.2) is 0 Å². The van der Waals surface area contributed by atoms with Crippen molar-refractivity contribution in [2.24, 2.45) is 0 Å². The van der Waals surface area contributed by atoms with Crippen molar-refractivity contribution in [3.05, 3.63) is 21.9 Å². The summed E-state index contributed by atoms with van der Waals surface area (Å²) in [6, 6.07) is 1.92. The normalized spacial score (nSPS) is 16.1. The van der Waals surface area contributed by atoms with Crippen LogP contribution in [0.15, 0.2) is 11.4 Å². The topological polar surface area (TPSA) is 20.3 Å². The highest BCUT2D eigenvalue weighted by atomic mass is 32.1. The first-order valence-electron chi connectivity index (χ1n) is 4.29. The number of thiol groups is 1. The Labute approximate surface area is 87.0 Å². The van der Waals surface area contributed by atoms with E-state index >= 15 is 0 Å². The highest BCUT2D eigenvalue weighted by Crippen LogP contribution is 2.23. The average molecular weight is 213 g/mol. The van der Waals surface area contributed by atoms with Crippen LogP contribution in [0, 0.1) is 0 Å². The minimum Gasteiger partial charge on any atom is -0.337 e. The molecule has 70 valence electrons. The molecule has 0 atom stereocenters. The third-order valence-corrected chi connectivity index (χ3v) is 3.42. The van der Waals surface area contributed by atoms with Gasteiger partial charge in [0, 0.05) is 30.1 Å². The molecule has 2 nitrogen and oxygen atoms in total. The number of nitrogens with zero attached hydrogens (tertiary/aromatic N) is 1. The van der Waals surface area contributed by atoms with Crippen LogP contribution in [0.1, 0.15) is 15.2 Å². The molecule has 0 saturated heterocycles. The van der Waals surface area contributed by atoms with E-state index in [1.54, 1.807) is 11.3 Å². The molecule has 1 aliphatic rings. The summed E-state index contributed by atoms with van der Waals surface area (Å²) in [5.74, 6) is 0.919. The fourth-order valence-corrected chi connectivity index (χ4v) is 2.67. The lowest BCUT2D eigenvalue weighted by molar-refractivity contribution is 0.0753. The molecule has 1 aromatic rings. The summed E-state index contributed by atoms with van der Waals surface area (Å²) in [7, 11) is 0. The minimum absolute atomic E-state index is 0.177. The van der Waals surface area contributed by atoms with Crippen molar-refractivity contribution < 1.29 is 4.79 Å². The molecule has 1 amide bonds. The van der Waals surface area contributed by atoms with E-state index in [2.05, 4.69) is 12.6 Å². The molecule has 2 heterocycles. The zero-order valence-electron chi connectivity index (χ0n) is 7.19. The fraction of sp³-hybridized carbons (Fsp3) is 0.444. The summed E-state index contributed by atoms with van der Waals surface area (Å²) < 4.78 is 0. The predicted molar refractivity (Wildman–Crippen MR) is 57.8 cm³/mol. The van der Waals surface area contributed by atoms with E-state index in [-0.39, 0.29) is 5.91 Å². The van der Waals surface area contributed by atoms with Crippen LogP contribution in [0.3, 0.4) is 0 Å². The molecular formula is C9H11NOS2. The Hall–Kier alpha value is -0.480. The molecule has 1 aliphatic heterocycles. The molecule has 1 aromatic heterocycles. The van der Waals surface area contributed by atoms with Crippen molar-refractivity contribution in [2.75, 3.05) is 18.8 Å². The first-order chi connectivity index (χ1) is 6.33. The van der Waals surface area contributed by atoms with Crippen LogP contribution in [0.5, 0.6) is 0 Å². The molecule has 0 unspecified atom stereocenters. The van der Waals surface area contributed by atoms with Gasteiger partial charge in [0.05, 0.1) is 5.56 Å². The summed E-state index contributed by atoms with van der Waals surface area (Å²) in [6.45, 7) is 1.62. The van der Waals surface area contributed by atoms with Crippen LogP contribution < -0.4 is 0 Å². The zero-order valence-corrected chi connectivity index (χ0v) is 8.90. The first-order valence-corrected chi connectivity index (χ1v) is 5.80. The average Bonchev–Trinajstić information content (AvgIpc) is 2.58. The highest BCUT2D eigenvalue weighted by Gasteiger charge is 2.23. The van der Waals surface area contributed by atoms with Gasteiger partial charge in [-0.25, -0.2) is 0 Å².